The van der Waals surface area contributed by atoms with Gasteiger partial charge in [0.2, 0.25) is 0 Å². The van der Waals surface area contributed by atoms with Gasteiger partial charge >= 0.3 is 11.9 Å². The summed E-state index contributed by atoms with van der Waals surface area (Å²) in [7, 11) is 0. The zero-order valence-electron chi connectivity index (χ0n) is 13.5. The first-order valence-electron chi connectivity index (χ1n) is 7.61. The van der Waals surface area contributed by atoms with Crippen molar-refractivity contribution in [1.29, 1.82) is 0 Å². The minimum absolute atomic E-state index is 0.0279. The fourth-order valence-electron chi connectivity index (χ4n) is 2.10. The van der Waals surface area contributed by atoms with Crippen molar-refractivity contribution >= 4 is 34.5 Å². The fourth-order valence-corrected chi connectivity index (χ4v) is 3.15. The standard InChI is InChI=1S/C17H19NO5S/c1-3-22-16(20)12-10-24-15(18-12)13(17(21)23-4-2)14(19)11-8-6-5-7-9-11/h5-9,12,19H,3-4,10H2,1-2H3/b14-13-/t12-/m0/s1. The zero-order valence-corrected chi connectivity index (χ0v) is 14.3. The monoisotopic (exact) mass is 349 g/mol. The molecule has 1 aromatic rings. The van der Waals surface area contributed by atoms with Gasteiger partial charge < -0.3 is 14.6 Å². The van der Waals surface area contributed by atoms with Gasteiger partial charge in [-0.3, -0.25) is 4.99 Å². The lowest BCUT2D eigenvalue weighted by molar-refractivity contribution is -0.144. The van der Waals surface area contributed by atoms with Crippen molar-refractivity contribution in [3.05, 3.63) is 41.5 Å². The molecule has 1 N–H and O–H groups in total. The van der Waals surface area contributed by atoms with Crippen LogP contribution in [0.3, 0.4) is 0 Å². The lowest BCUT2D eigenvalue weighted by atomic mass is 10.1. The van der Waals surface area contributed by atoms with Crippen LogP contribution in [-0.4, -0.2) is 47.1 Å². The molecule has 0 fully saturated rings. The second kappa shape index (κ2) is 8.54. The third-order valence-electron chi connectivity index (χ3n) is 3.19. The number of hydrogen-bond donors (Lipinski definition) is 1. The van der Waals surface area contributed by atoms with Crippen molar-refractivity contribution in [2.24, 2.45) is 4.99 Å². The van der Waals surface area contributed by atoms with Crippen molar-refractivity contribution in [3.63, 3.8) is 0 Å². The van der Waals surface area contributed by atoms with Gasteiger partial charge in [0, 0.05) is 11.3 Å². The molecule has 1 atom stereocenters. The molecule has 0 saturated heterocycles. The van der Waals surface area contributed by atoms with Crippen molar-refractivity contribution in [3.8, 4) is 0 Å². The molecular formula is C17H19NO5S. The molecule has 0 aliphatic carbocycles. The number of carbonyl (C=O) groups is 2. The molecule has 0 bridgehead atoms. The van der Waals surface area contributed by atoms with E-state index >= 15 is 0 Å². The highest BCUT2D eigenvalue weighted by atomic mass is 32.2. The number of aliphatic imine (C=N–C) groups is 1. The average molecular weight is 349 g/mol. The Kier molecular flexibility index (Phi) is 6.43. The highest BCUT2D eigenvalue weighted by Gasteiger charge is 2.32. The van der Waals surface area contributed by atoms with E-state index in [1.807, 2.05) is 0 Å². The van der Waals surface area contributed by atoms with Crippen molar-refractivity contribution in [1.82, 2.24) is 0 Å². The van der Waals surface area contributed by atoms with Crippen LogP contribution in [0, 0.1) is 0 Å². The first kappa shape index (κ1) is 18.1. The van der Waals surface area contributed by atoms with Gasteiger partial charge in [-0.1, -0.05) is 30.3 Å². The summed E-state index contributed by atoms with van der Waals surface area (Å²) in [4.78, 5) is 28.4. The van der Waals surface area contributed by atoms with Crippen LogP contribution in [0.5, 0.6) is 0 Å². The summed E-state index contributed by atoms with van der Waals surface area (Å²) < 4.78 is 9.99. The lowest BCUT2D eigenvalue weighted by Crippen LogP contribution is -2.21. The van der Waals surface area contributed by atoms with E-state index < -0.39 is 18.0 Å². The summed E-state index contributed by atoms with van der Waals surface area (Å²) in [5.74, 6) is -0.971. The molecule has 1 heterocycles. The van der Waals surface area contributed by atoms with E-state index in [1.54, 1.807) is 44.2 Å². The molecule has 1 aromatic carbocycles. The normalized spacial score (nSPS) is 17.8. The Bertz CT molecular complexity index is 669. The van der Waals surface area contributed by atoms with Crippen molar-refractivity contribution in [2.75, 3.05) is 19.0 Å². The Labute approximate surface area is 144 Å². The maximum Gasteiger partial charge on any atom is 0.344 e. The number of aliphatic hydroxyl groups excluding tert-OH is 1. The van der Waals surface area contributed by atoms with E-state index in [0.717, 1.165) is 0 Å². The van der Waals surface area contributed by atoms with Crippen molar-refractivity contribution < 1.29 is 24.2 Å². The van der Waals surface area contributed by atoms with E-state index in [1.165, 1.54) is 11.8 Å². The quantitative estimate of drug-likeness (QED) is 0.483. The van der Waals surface area contributed by atoms with E-state index in [4.69, 9.17) is 9.47 Å². The number of hydrogen-bond acceptors (Lipinski definition) is 7. The third kappa shape index (κ3) is 4.17. The van der Waals surface area contributed by atoms with Gasteiger partial charge in [-0.05, 0) is 13.8 Å². The van der Waals surface area contributed by atoms with Crippen LogP contribution in [0.1, 0.15) is 19.4 Å². The zero-order chi connectivity index (χ0) is 17.5. The third-order valence-corrected chi connectivity index (χ3v) is 4.25. The van der Waals surface area contributed by atoms with Gasteiger partial charge in [0.05, 0.1) is 13.2 Å². The van der Waals surface area contributed by atoms with E-state index in [9.17, 15) is 14.7 Å². The number of aliphatic hydroxyl groups is 1. The minimum Gasteiger partial charge on any atom is -0.506 e. The van der Waals surface area contributed by atoms with Crippen LogP contribution in [0.4, 0.5) is 0 Å². The van der Waals surface area contributed by atoms with Gasteiger partial charge in [0.15, 0.2) is 6.04 Å². The largest absolute Gasteiger partial charge is 0.506 e. The fraction of sp³-hybridized carbons (Fsp3) is 0.353. The molecule has 1 aliphatic rings. The molecule has 128 valence electrons. The van der Waals surface area contributed by atoms with Gasteiger partial charge in [-0.2, -0.15) is 0 Å². The van der Waals surface area contributed by atoms with Crippen molar-refractivity contribution in [2.45, 2.75) is 19.9 Å². The van der Waals surface area contributed by atoms with Crippen LogP contribution in [0.2, 0.25) is 0 Å². The second-order valence-corrected chi connectivity index (χ2v) is 5.83. The summed E-state index contributed by atoms with van der Waals surface area (Å²) in [6.45, 7) is 3.83. The predicted molar refractivity (Wildman–Crippen MR) is 92.9 cm³/mol. The molecule has 0 spiro atoms. The maximum atomic E-state index is 12.3. The smallest absolute Gasteiger partial charge is 0.344 e. The van der Waals surface area contributed by atoms with Crippen LogP contribution in [0.15, 0.2) is 40.9 Å². The molecule has 1 aliphatic heterocycles. The summed E-state index contributed by atoms with van der Waals surface area (Å²) in [6.07, 6.45) is 0. The average Bonchev–Trinajstić information content (AvgIpc) is 3.06. The molecular weight excluding hydrogens is 330 g/mol. The summed E-state index contributed by atoms with van der Waals surface area (Å²) in [5, 5.41) is 10.8. The number of ether oxygens (including phenoxy) is 2. The SMILES string of the molecule is CCOC(=O)/C(C1=N[C@H](C(=O)OCC)CS1)=C(\O)c1ccccc1. The Morgan fingerprint density at radius 1 is 1.21 bits per heavy atom. The molecule has 24 heavy (non-hydrogen) atoms. The van der Waals surface area contributed by atoms with Crippen LogP contribution >= 0.6 is 11.8 Å². The summed E-state index contributed by atoms with van der Waals surface area (Å²) in [6, 6.07) is 7.98. The van der Waals surface area contributed by atoms with Gasteiger partial charge in [0.1, 0.15) is 16.4 Å². The molecule has 6 nitrogen and oxygen atoms in total. The Balaban J connectivity index is 2.39. The van der Waals surface area contributed by atoms with Crippen LogP contribution in [-0.2, 0) is 19.1 Å². The van der Waals surface area contributed by atoms with Gasteiger partial charge in [-0.25, -0.2) is 9.59 Å². The topological polar surface area (TPSA) is 85.2 Å². The molecule has 0 saturated carbocycles. The van der Waals surface area contributed by atoms with Crippen LogP contribution in [0.25, 0.3) is 5.76 Å². The van der Waals surface area contributed by atoms with E-state index in [-0.39, 0.29) is 29.6 Å². The van der Waals surface area contributed by atoms with E-state index in [2.05, 4.69) is 4.99 Å². The lowest BCUT2D eigenvalue weighted by Gasteiger charge is -2.10. The number of nitrogens with zero attached hydrogens (tertiary/aromatic N) is 1. The number of benzene rings is 1. The maximum absolute atomic E-state index is 12.3. The van der Waals surface area contributed by atoms with Gasteiger partial charge in [-0.15, -0.1) is 11.8 Å². The second-order valence-electron chi connectivity index (χ2n) is 4.82. The molecule has 0 aromatic heterocycles. The first-order chi connectivity index (χ1) is 11.6. The molecule has 0 radical (unpaired) electrons. The number of carbonyl (C=O) groups excluding carboxylic acids is 2. The predicted octanol–water partition coefficient (Wildman–Crippen LogP) is 2.60. The highest BCUT2D eigenvalue weighted by Crippen LogP contribution is 2.29. The Hall–Kier alpha value is -2.28. The van der Waals surface area contributed by atoms with Gasteiger partial charge in [0.25, 0.3) is 0 Å². The Morgan fingerprint density at radius 2 is 1.88 bits per heavy atom. The van der Waals surface area contributed by atoms with E-state index in [0.29, 0.717) is 11.3 Å². The highest BCUT2D eigenvalue weighted by molar-refractivity contribution is 8.14. The number of rotatable bonds is 6. The first-order valence-corrected chi connectivity index (χ1v) is 8.60. The number of thioether (sulfide) groups is 1. The molecule has 7 heteroatoms. The Morgan fingerprint density at radius 3 is 2.50 bits per heavy atom. The molecule has 2 rings (SSSR count). The van der Waals surface area contributed by atoms with Crippen LogP contribution < -0.4 is 0 Å². The summed E-state index contributed by atoms with van der Waals surface area (Å²) >= 11 is 1.22. The number of esters is 2. The summed E-state index contributed by atoms with van der Waals surface area (Å²) in [5.41, 5.74) is 0.447. The molecule has 0 amide bonds. The minimum atomic E-state index is -0.682. The molecule has 0 unspecified atom stereocenters.